The van der Waals surface area contributed by atoms with Crippen LogP contribution < -0.4 is 4.90 Å². The van der Waals surface area contributed by atoms with E-state index in [-0.39, 0.29) is 30.3 Å². The van der Waals surface area contributed by atoms with Crippen LogP contribution in [-0.2, 0) is 4.79 Å². The minimum atomic E-state index is -0.340. The third kappa shape index (κ3) is 5.05. The monoisotopic (exact) mass is 472 g/mol. The first kappa shape index (κ1) is 23.1. The molecule has 35 heavy (non-hydrogen) atoms. The highest BCUT2D eigenvalue weighted by Gasteiger charge is 2.33. The van der Waals surface area contributed by atoms with Crippen LogP contribution in [0.25, 0.3) is 0 Å². The minimum absolute atomic E-state index is 0.0325. The fourth-order valence-electron chi connectivity index (χ4n) is 4.97. The lowest BCUT2D eigenvalue weighted by Gasteiger charge is -2.40. The molecule has 2 saturated heterocycles. The number of urea groups is 1. The van der Waals surface area contributed by atoms with Crippen molar-refractivity contribution in [2.45, 2.75) is 6.04 Å². The summed E-state index contributed by atoms with van der Waals surface area (Å²) in [5.74, 6) is -0.372. The third-order valence-corrected chi connectivity index (χ3v) is 6.82. The van der Waals surface area contributed by atoms with Gasteiger partial charge >= 0.3 is 6.03 Å². The molecular weight excluding hydrogens is 443 g/mol. The van der Waals surface area contributed by atoms with Gasteiger partial charge in [-0.3, -0.25) is 14.6 Å². The number of hydrogen-bond acceptors (Lipinski definition) is 3. The van der Waals surface area contributed by atoms with Gasteiger partial charge in [0.15, 0.2) is 0 Å². The second-order valence-corrected chi connectivity index (χ2v) is 8.97. The van der Waals surface area contributed by atoms with Crippen molar-refractivity contribution in [3.63, 3.8) is 0 Å². The lowest BCUT2D eigenvalue weighted by Crippen LogP contribution is -2.52. The van der Waals surface area contributed by atoms with Crippen LogP contribution in [0.4, 0.5) is 14.9 Å². The molecule has 0 atom stereocenters. The quantitative estimate of drug-likeness (QED) is 0.545. The number of halogens is 1. The van der Waals surface area contributed by atoms with Crippen LogP contribution in [-0.4, -0.2) is 72.5 Å². The first-order valence-corrected chi connectivity index (χ1v) is 12.0. The van der Waals surface area contributed by atoms with Crippen molar-refractivity contribution < 1.29 is 14.0 Å². The zero-order chi connectivity index (χ0) is 24.2. The average Bonchev–Trinajstić information content (AvgIpc) is 3.26. The standard InChI is InChI=1S/C28H29FN4O2/c29-24-11-13-25(14-12-24)33-20-19-32(28(33)35)21-26(34)30-15-17-31(18-16-30)27(22-7-3-1-4-8-22)23-9-5-2-6-10-23/h1-14,27H,15-21H2. The smallest absolute Gasteiger partial charge is 0.325 e. The van der Waals surface area contributed by atoms with Gasteiger partial charge in [-0.1, -0.05) is 60.7 Å². The molecule has 3 aromatic rings. The third-order valence-electron chi connectivity index (χ3n) is 6.82. The molecule has 180 valence electrons. The van der Waals surface area contributed by atoms with Gasteiger partial charge in [0.2, 0.25) is 5.91 Å². The van der Waals surface area contributed by atoms with E-state index in [1.54, 1.807) is 21.9 Å². The summed E-state index contributed by atoms with van der Waals surface area (Å²) in [6.45, 7) is 3.80. The number of carbonyl (C=O) groups is 2. The van der Waals surface area contributed by atoms with E-state index in [0.29, 0.717) is 31.9 Å². The van der Waals surface area contributed by atoms with Gasteiger partial charge in [-0.25, -0.2) is 9.18 Å². The average molecular weight is 473 g/mol. The highest BCUT2D eigenvalue weighted by molar-refractivity contribution is 5.96. The Morgan fingerprint density at radius 2 is 1.31 bits per heavy atom. The molecule has 3 aromatic carbocycles. The van der Waals surface area contributed by atoms with Gasteiger partial charge < -0.3 is 9.80 Å². The maximum absolute atomic E-state index is 13.2. The molecule has 2 aliphatic rings. The maximum atomic E-state index is 13.2. The molecule has 0 aromatic heterocycles. The summed E-state index contributed by atoms with van der Waals surface area (Å²) in [6.07, 6.45) is 0. The van der Waals surface area contributed by atoms with E-state index in [9.17, 15) is 14.0 Å². The molecule has 0 aliphatic carbocycles. The fourth-order valence-corrected chi connectivity index (χ4v) is 4.97. The van der Waals surface area contributed by atoms with Crippen LogP contribution in [0.1, 0.15) is 17.2 Å². The van der Waals surface area contributed by atoms with Crippen LogP contribution in [0.2, 0.25) is 0 Å². The summed E-state index contributed by atoms with van der Waals surface area (Å²) >= 11 is 0. The summed E-state index contributed by atoms with van der Waals surface area (Å²) in [7, 11) is 0. The summed E-state index contributed by atoms with van der Waals surface area (Å²) in [4.78, 5) is 33.3. The van der Waals surface area contributed by atoms with Crippen molar-refractivity contribution in [2.24, 2.45) is 0 Å². The zero-order valence-electron chi connectivity index (χ0n) is 19.6. The molecule has 0 bridgehead atoms. The molecule has 0 unspecified atom stereocenters. The van der Waals surface area contributed by atoms with Crippen LogP contribution in [0, 0.1) is 5.82 Å². The molecule has 3 amide bonds. The summed E-state index contributed by atoms with van der Waals surface area (Å²) in [6, 6.07) is 26.7. The van der Waals surface area contributed by atoms with Gasteiger partial charge in [-0.15, -0.1) is 0 Å². The molecule has 5 rings (SSSR count). The Kier molecular flexibility index (Phi) is 6.77. The second kappa shape index (κ2) is 10.3. The van der Waals surface area contributed by atoms with E-state index in [4.69, 9.17) is 0 Å². The Hall–Kier alpha value is -3.71. The van der Waals surface area contributed by atoms with Gasteiger partial charge in [0.1, 0.15) is 12.4 Å². The predicted molar refractivity (Wildman–Crippen MR) is 134 cm³/mol. The molecule has 0 radical (unpaired) electrons. The maximum Gasteiger partial charge on any atom is 0.325 e. The topological polar surface area (TPSA) is 47.1 Å². The molecule has 2 aliphatic heterocycles. The Morgan fingerprint density at radius 3 is 1.89 bits per heavy atom. The summed E-state index contributed by atoms with van der Waals surface area (Å²) in [5.41, 5.74) is 3.12. The van der Waals surface area contributed by atoms with Crippen molar-refractivity contribution in [3.8, 4) is 0 Å². The molecule has 2 fully saturated rings. The number of anilines is 1. The van der Waals surface area contributed by atoms with E-state index in [1.807, 2.05) is 17.0 Å². The van der Waals surface area contributed by atoms with Crippen LogP contribution in [0.3, 0.4) is 0 Å². The minimum Gasteiger partial charge on any atom is -0.339 e. The van der Waals surface area contributed by atoms with Crippen molar-refractivity contribution in [2.75, 3.05) is 50.7 Å². The Labute approximate surface area is 205 Å². The van der Waals surface area contributed by atoms with Crippen molar-refractivity contribution >= 4 is 17.6 Å². The van der Waals surface area contributed by atoms with E-state index >= 15 is 0 Å². The Morgan fingerprint density at radius 1 is 0.743 bits per heavy atom. The van der Waals surface area contributed by atoms with Gasteiger partial charge in [-0.05, 0) is 35.4 Å². The number of piperazine rings is 1. The summed E-state index contributed by atoms with van der Waals surface area (Å²) < 4.78 is 13.2. The highest BCUT2D eigenvalue weighted by Crippen LogP contribution is 2.29. The van der Waals surface area contributed by atoms with Crippen LogP contribution in [0.15, 0.2) is 84.9 Å². The molecule has 0 spiro atoms. The van der Waals surface area contributed by atoms with Crippen molar-refractivity contribution in [3.05, 3.63) is 102 Å². The van der Waals surface area contributed by atoms with Gasteiger partial charge in [0, 0.05) is 45.0 Å². The van der Waals surface area contributed by atoms with Crippen molar-refractivity contribution in [1.82, 2.24) is 14.7 Å². The lowest BCUT2D eigenvalue weighted by atomic mass is 9.96. The predicted octanol–water partition coefficient (Wildman–Crippen LogP) is 4.00. The number of carbonyl (C=O) groups excluding carboxylic acids is 2. The first-order chi connectivity index (χ1) is 17.1. The molecule has 0 saturated carbocycles. The van der Waals surface area contributed by atoms with E-state index in [1.165, 1.54) is 23.3 Å². The number of hydrogen-bond donors (Lipinski definition) is 0. The largest absolute Gasteiger partial charge is 0.339 e. The lowest BCUT2D eigenvalue weighted by molar-refractivity contribution is -0.133. The SMILES string of the molecule is O=C(CN1CCN(c2ccc(F)cc2)C1=O)N1CCN(C(c2ccccc2)c2ccccc2)CC1. The normalized spacial score (nSPS) is 16.9. The van der Waals surface area contributed by atoms with Gasteiger partial charge in [0.05, 0.1) is 6.04 Å². The Bertz CT molecular complexity index is 1110. The highest BCUT2D eigenvalue weighted by atomic mass is 19.1. The van der Waals surface area contributed by atoms with Gasteiger partial charge in [-0.2, -0.15) is 0 Å². The van der Waals surface area contributed by atoms with Crippen LogP contribution >= 0.6 is 0 Å². The Balaban J connectivity index is 1.20. The zero-order valence-corrected chi connectivity index (χ0v) is 19.6. The number of nitrogens with zero attached hydrogens (tertiary/aromatic N) is 4. The van der Waals surface area contributed by atoms with Gasteiger partial charge in [0.25, 0.3) is 0 Å². The van der Waals surface area contributed by atoms with Crippen molar-refractivity contribution in [1.29, 1.82) is 0 Å². The molecule has 2 heterocycles. The van der Waals surface area contributed by atoms with Crippen LogP contribution in [0.5, 0.6) is 0 Å². The molecule has 0 N–H and O–H groups in total. The number of benzene rings is 3. The van der Waals surface area contributed by atoms with E-state index < -0.39 is 0 Å². The number of amides is 3. The van der Waals surface area contributed by atoms with E-state index in [2.05, 4.69) is 53.4 Å². The van der Waals surface area contributed by atoms with E-state index in [0.717, 1.165) is 13.1 Å². The molecule has 7 heteroatoms. The fraction of sp³-hybridized carbons (Fsp3) is 0.286. The first-order valence-electron chi connectivity index (χ1n) is 12.0. The number of rotatable bonds is 6. The molecule has 6 nitrogen and oxygen atoms in total. The second-order valence-electron chi connectivity index (χ2n) is 8.97. The summed E-state index contributed by atoms with van der Waals surface area (Å²) in [5, 5.41) is 0. The molecular formula is C28H29FN4O2.